The van der Waals surface area contributed by atoms with Crippen LogP contribution in [-0.4, -0.2) is 14.2 Å². The smallest absolute Gasteiger partial charge is 0.124 e. The second kappa shape index (κ2) is 6.04. The van der Waals surface area contributed by atoms with Crippen molar-refractivity contribution in [1.82, 2.24) is 0 Å². The fourth-order valence-electron chi connectivity index (χ4n) is 3.29. The summed E-state index contributed by atoms with van der Waals surface area (Å²) in [6.07, 6.45) is 4.40. The Labute approximate surface area is 122 Å². The first-order chi connectivity index (χ1) is 9.50. The summed E-state index contributed by atoms with van der Waals surface area (Å²) in [6.45, 7) is 4.61. The molecule has 20 heavy (non-hydrogen) atoms. The molecule has 1 fully saturated rings. The van der Waals surface area contributed by atoms with Gasteiger partial charge in [0, 0.05) is 11.1 Å². The molecule has 0 unspecified atom stereocenters. The zero-order valence-corrected chi connectivity index (χ0v) is 13.1. The number of rotatable bonds is 4. The third-order valence-electron chi connectivity index (χ3n) is 4.81. The fourth-order valence-corrected chi connectivity index (χ4v) is 3.29. The second-order valence-electron chi connectivity index (χ2n) is 6.30. The van der Waals surface area contributed by atoms with Gasteiger partial charge in [0.05, 0.1) is 14.2 Å². The van der Waals surface area contributed by atoms with Gasteiger partial charge in [0.1, 0.15) is 11.5 Å². The molecule has 0 atom stereocenters. The van der Waals surface area contributed by atoms with Crippen molar-refractivity contribution in [3.63, 3.8) is 0 Å². The van der Waals surface area contributed by atoms with E-state index in [4.69, 9.17) is 15.2 Å². The number of nitrogens with two attached hydrogens (primary N) is 1. The van der Waals surface area contributed by atoms with Crippen molar-refractivity contribution in [3.05, 3.63) is 23.8 Å². The average molecular weight is 277 g/mol. The number of ether oxygens (including phenoxy) is 2. The van der Waals surface area contributed by atoms with E-state index in [2.05, 4.69) is 13.8 Å². The molecule has 2 rings (SSSR count). The van der Waals surface area contributed by atoms with Gasteiger partial charge in [0.25, 0.3) is 0 Å². The number of methoxy groups -OCH3 is 2. The predicted octanol–water partition coefficient (Wildman–Crippen LogP) is 3.70. The molecule has 0 aromatic heterocycles. The maximum absolute atomic E-state index is 6.71. The standard InChI is InChI=1S/C17H27NO2/c1-12(2)13-7-9-17(18,10-8-13)15-11-14(19-3)5-6-16(15)20-4/h5-6,11-13H,7-10,18H2,1-4H3. The third kappa shape index (κ3) is 2.93. The Morgan fingerprint density at radius 1 is 1.15 bits per heavy atom. The summed E-state index contributed by atoms with van der Waals surface area (Å²) in [5.74, 6) is 3.25. The molecule has 0 spiro atoms. The highest BCUT2D eigenvalue weighted by atomic mass is 16.5. The quantitative estimate of drug-likeness (QED) is 0.912. The van der Waals surface area contributed by atoms with Crippen molar-refractivity contribution in [1.29, 1.82) is 0 Å². The minimum atomic E-state index is -0.286. The van der Waals surface area contributed by atoms with Crippen LogP contribution in [0.2, 0.25) is 0 Å². The molecule has 3 nitrogen and oxygen atoms in total. The topological polar surface area (TPSA) is 44.5 Å². The maximum Gasteiger partial charge on any atom is 0.124 e. The van der Waals surface area contributed by atoms with Gasteiger partial charge in [-0.1, -0.05) is 13.8 Å². The van der Waals surface area contributed by atoms with Gasteiger partial charge in [0.2, 0.25) is 0 Å². The van der Waals surface area contributed by atoms with Crippen molar-refractivity contribution >= 4 is 0 Å². The molecule has 0 bridgehead atoms. The maximum atomic E-state index is 6.71. The minimum absolute atomic E-state index is 0.286. The lowest BCUT2D eigenvalue weighted by molar-refractivity contribution is 0.192. The van der Waals surface area contributed by atoms with Crippen LogP contribution in [0, 0.1) is 11.8 Å². The Bertz CT molecular complexity index is 448. The van der Waals surface area contributed by atoms with Gasteiger partial charge < -0.3 is 15.2 Å². The van der Waals surface area contributed by atoms with Gasteiger partial charge in [-0.25, -0.2) is 0 Å². The van der Waals surface area contributed by atoms with Gasteiger partial charge >= 0.3 is 0 Å². The molecular formula is C17H27NO2. The van der Waals surface area contributed by atoms with E-state index in [0.717, 1.165) is 41.7 Å². The highest BCUT2D eigenvalue weighted by Crippen LogP contribution is 2.43. The van der Waals surface area contributed by atoms with E-state index in [9.17, 15) is 0 Å². The van der Waals surface area contributed by atoms with Gasteiger partial charge in [-0.2, -0.15) is 0 Å². The van der Waals surface area contributed by atoms with Gasteiger partial charge in [0.15, 0.2) is 0 Å². The molecule has 3 heteroatoms. The summed E-state index contributed by atoms with van der Waals surface area (Å²) in [5.41, 5.74) is 7.51. The molecule has 112 valence electrons. The normalized spacial score (nSPS) is 26.6. The largest absolute Gasteiger partial charge is 0.497 e. The molecule has 2 N–H and O–H groups in total. The summed E-state index contributed by atoms with van der Waals surface area (Å²) < 4.78 is 10.8. The van der Waals surface area contributed by atoms with Crippen LogP contribution >= 0.6 is 0 Å². The molecule has 0 amide bonds. The Morgan fingerprint density at radius 3 is 2.30 bits per heavy atom. The third-order valence-corrected chi connectivity index (χ3v) is 4.81. The van der Waals surface area contributed by atoms with Crippen LogP contribution in [0.15, 0.2) is 18.2 Å². The van der Waals surface area contributed by atoms with Gasteiger partial charge in [-0.15, -0.1) is 0 Å². The Balaban J connectivity index is 2.26. The van der Waals surface area contributed by atoms with Gasteiger partial charge in [-0.3, -0.25) is 0 Å². The Hall–Kier alpha value is -1.22. The molecule has 0 saturated heterocycles. The van der Waals surface area contributed by atoms with Crippen LogP contribution < -0.4 is 15.2 Å². The minimum Gasteiger partial charge on any atom is -0.497 e. The van der Waals surface area contributed by atoms with E-state index in [1.165, 1.54) is 12.8 Å². The number of hydrogen-bond acceptors (Lipinski definition) is 3. The Morgan fingerprint density at radius 2 is 1.80 bits per heavy atom. The van der Waals surface area contributed by atoms with Crippen LogP contribution in [0.4, 0.5) is 0 Å². The van der Waals surface area contributed by atoms with E-state index in [-0.39, 0.29) is 5.54 Å². The SMILES string of the molecule is COc1ccc(OC)c(C2(N)CCC(C(C)C)CC2)c1. The zero-order valence-electron chi connectivity index (χ0n) is 13.1. The van der Waals surface area contributed by atoms with Crippen LogP contribution in [0.5, 0.6) is 11.5 Å². The number of hydrogen-bond donors (Lipinski definition) is 1. The van der Waals surface area contributed by atoms with E-state index in [0.29, 0.717) is 0 Å². The van der Waals surface area contributed by atoms with Crippen molar-refractivity contribution in [2.75, 3.05) is 14.2 Å². The van der Waals surface area contributed by atoms with E-state index < -0.39 is 0 Å². The first-order valence-corrected chi connectivity index (χ1v) is 7.51. The first kappa shape index (κ1) is 15.2. The summed E-state index contributed by atoms with van der Waals surface area (Å²) in [6, 6.07) is 5.91. The monoisotopic (exact) mass is 277 g/mol. The van der Waals surface area contributed by atoms with E-state index in [1.54, 1.807) is 14.2 Å². The lowest BCUT2D eigenvalue weighted by Crippen LogP contribution is -2.41. The summed E-state index contributed by atoms with van der Waals surface area (Å²) in [5, 5.41) is 0. The van der Waals surface area contributed by atoms with E-state index >= 15 is 0 Å². The van der Waals surface area contributed by atoms with Crippen LogP contribution in [0.3, 0.4) is 0 Å². The molecule has 0 heterocycles. The van der Waals surface area contributed by atoms with E-state index in [1.807, 2.05) is 18.2 Å². The highest BCUT2D eigenvalue weighted by molar-refractivity contribution is 5.44. The predicted molar refractivity (Wildman–Crippen MR) is 82.2 cm³/mol. The van der Waals surface area contributed by atoms with Crippen LogP contribution in [0.25, 0.3) is 0 Å². The molecular weight excluding hydrogens is 250 g/mol. The molecule has 1 aliphatic rings. The summed E-state index contributed by atoms with van der Waals surface area (Å²) in [7, 11) is 3.39. The molecule has 1 aromatic carbocycles. The van der Waals surface area contributed by atoms with Crippen molar-refractivity contribution in [2.24, 2.45) is 17.6 Å². The Kier molecular flexibility index (Phi) is 4.59. The first-order valence-electron chi connectivity index (χ1n) is 7.51. The van der Waals surface area contributed by atoms with Crippen LogP contribution in [0.1, 0.15) is 45.1 Å². The molecule has 0 aliphatic heterocycles. The zero-order chi connectivity index (χ0) is 14.8. The van der Waals surface area contributed by atoms with Crippen molar-refractivity contribution in [3.8, 4) is 11.5 Å². The summed E-state index contributed by atoms with van der Waals surface area (Å²) >= 11 is 0. The van der Waals surface area contributed by atoms with Gasteiger partial charge in [-0.05, 0) is 55.7 Å². The number of benzene rings is 1. The van der Waals surface area contributed by atoms with Crippen LogP contribution in [-0.2, 0) is 5.54 Å². The molecule has 1 aromatic rings. The van der Waals surface area contributed by atoms with Crippen molar-refractivity contribution in [2.45, 2.75) is 45.1 Å². The second-order valence-corrected chi connectivity index (χ2v) is 6.30. The van der Waals surface area contributed by atoms with Crippen molar-refractivity contribution < 1.29 is 9.47 Å². The summed E-state index contributed by atoms with van der Waals surface area (Å²) in [4.78, 5) is 0. The lowest BCUT2D eigenvalue weighted by atomic mass is 9.70. The lowest BCUT2D eigenvalue weighted by Gasteiger charge is -2.39. The molecule has 0 radical (unpaired) electrons. The highest BCUT2D eigenvalue weighted by Gasteiger charge is 2.36. The molecule has 1 saturated carbocycles. The average Bonchev–Trinajstić information content (AvgIpc) is 2.47. The molecule has 1 aliphatic carbocycles. The fraction of sp³-hybridized carbons (Fsp3) is 0.647.